The van der Waals surface area contributed by atoms with Gasteiger partial charge in [0.15, 0.2) is 14.1 Å². The van der Waals surface area contributed by atoms with Gasteiger partial charge in [-0.05, 0) is 38.4 Å². The van der Waals surface area contributed by atoms with Gasteiger partial charge in [0.05, 0.1) is 12.7 Å². The minimum Gasteiger partial charge on any atom is -0.411 e. The number of ether oxygens (including phenoxy) is 2. The molecule has 0 aliphatic carbocycles. The Morgan fingerprint density at radius 2 is 1.90 bits per heavy atom. The fourth-order valence-electron chi connectivity index (χ4n) is 2.18. The zero-order chi connectivity index (χ0) is 15.6. The van der Waals surface area contributed by atoms with Gasteiger partial charge in [-0.25, -0.2) is 0 Å². The molecule has 0 amide bonds. The Morgan fingerprint density at radius 1 is 1.30 bits per heavy atom. The summed E-state index contributed by atoms with van der Waals surface area (Å²) in [6, 6.07) is 0. The highest BCUT2D eigenvalue weighted by atomic mass is 28.4. The van der Waals surface area contributed by atoms with Crippen LogP contribution in [-0.4, -0.2) is 32.9 Å². The predicted octanol–water partition coefficient (Wildman–Crippen LogP) is 4.72. The van der Waals surface area contributed by atoms with E-state index in [0.717, 1.165) is 6.42 Å². The molecule has 0 aromatic rings. The number of hydrogen-bond acceptors (Lipinski definition) is 3. The monoisotopic (exact) mass is 302 g/mol. The van der Waals surface area contributed by atoms with Gasteiger partial charge in [0.1, 0.15) is 6.10 Å². The second kappa shape index (κ2) is 6.47. The van der Waals surface area contributed by atoms with E-state index < -0.39 is 14.1 Å². The van der Waals surface area contributed by atoms with Crippen LogP contribution in [0.1, 0.15) is 60.8 Å². The molecule has 120 valence electrons. The van der Waals surface area contributed by atoms with Crippen molar-refractivity contribution in [2.45, 2.75) is 96.9 Å². The highest BCUT2D eigenvalue weighted by molar-refractivity contribution is 6.74. The number of rotatable bonds is 6. The summed E-state index contributed by atoms with van der Waals surface area (Å²) in [6.45, 7) is 18.3. The first kappa shape index (κ1) is 18.1. The van der Waals surface area contributed by atoms with Crippen LogP contribution in [0, 0.1) is 0 Å². The number of hydrogen-bond donors (Lipinski definition) is 0. The summed E-state index contributed by atoms with van der Waals surface area (Å²) in [4.78, 5) is 0. The van der Waals surface area contributed by atoms with Gasteiger partial charge in [-0.3, -0.25) is 0 Å². The van der Waals surface area contributed by atoms with Gasteiger partial charge in [0, 0.05) is 0 Å². The maximum Gasteiger partial charge on any atom is 0.192 e. The van der Waals surface area contributed by atoms with Gasteiger partial charge in [0.25, 0.3) is 0 Å². The molecule has 0 N–H and O–H groups in total. The summed E-state index contributed by atoms with van der Waals surface area (Å²) < 4.78 is 18.4. The first-order valence-electron chi connectivity index (χ1n) is 7.98. The third-order valence-electron chi connectivity index (χ3n) is 4.54. The van der Waals surface area contributed by atoms with Crippen LogP contribution in [-0.2, 0) is 13.9 Å². The molecule has 1 fully saturated rings. The Hall–Kier alpha value is 0.0969. The van der Waals surface area contributed by atoms with Crippen LogP contribution >= 0.6 is 0 Å². The fraction of sp³-hybridized carbons (Fsp3) is 1.00. The summed E-state index contributed by atoms with van der Waals surface area (Å²) in [5.74, 6) is -0.466. The van der Waals surface area contributed by atoms with Gasteiger partial charge in [-0.2, -0.15) is 0 Å². The van der Waals surface area contributed by atoms with Gasteiger partial charge in [-0.1, -0.05) is 40.5 Å². The van der Waals surface area contributed by atoms with Crippen LogP contribution < -0.4 is 0 Å². The molecule has 0 bridgehead atoms. The molecular weight excluding hydrogens is 268 g/mol. The molecule has 0 saturated carbocycles. The fourth-order valence-corrected chi connectivity index (χ4v) is 3.56. The molecule has 1 aliphatic heterocycles. The second-order valence-corrected chi connectivity index (χ2v) is 12.7. The maximum atomic E-state index is 6.62. The molecular formula is C16H34O3Si. The molecule has 3 nitrogen and oxygen atoms in total. The van der Waals surface area contributed by atoms with E-state index in [1.54, 1.807) is 0 Å². The van der Waals surface area contributed by atoms with Gasteiger partial charge < -0.3 is 13.9 Å². The van der Waals surface area contributed by atoms with E-state index in [9.17, 15) is 0 Å². The van der Waals surface area contributed by atoms with Crippen molar-refractivity contribution in [1.82, 2.24) is 0 Å². The lowest BCUT2D eigenvalue weighted by atomic mass is 10.1. The summed E-state index contributed by atoms with van der Waals surface area (Å²) in [7, 11) is -1.77. The average molecular weight is 303 g/mol. The summed E-state index contributed by atoms with van der Waals surface area (Å²) in [6.07, 6.45) is 3.67. The molecule has 2 atom stereocenters. The third-order valence-corrected chi connectivity index (χ3v) is 9.04. The lowest BCUT2D eigenvalue weighted by Gasteiger charge is -2.40. The smallest absolute Gasteiger partial charge is 0.192 e. The summed E-state index contributed by atoms with van der Waals surface area (Å²) >= 11 is 0. The minimum atomic E-state index is -1.77. The number of unbranched alkanes of at least 4 members (excludes halogenated alkanes) is 1. The molecule has 1 saturated heterocycles. The van der Waals surface area contributed by atoms with E-state index in [-0.39, 0.29) is 17.2 Å². The molecule has 0 aromatic heterocycles. The van der Waals surface area contributed by atoms with Gasteiger partial charge in [0.2, 0.25) is 0 Å². The van der Waals surface area contributed by atoms with E-state index in [1.165, 1.54) is 12.8 Å². The molecule has 0 spiro atoms. The topological polar surface area (TPSA) is 27.7 Å². The molecule has 1 heterocycles. The van der Waals surface area contributed by atoms with E-state index in [2.05, 4.69) is 40.8 Å². The molecule has 0 radical (unpaired) electrons. The van der Waals surface area contributed by atoms with Gasteiger partial charge >= 0.3 is 0 Å². The van der Waals surface area contributed by atoms with Crippen LogP contribution in [0.5, 0.6) is 0 Å². The highest BCUT2D eigenvalue weighted by Crippen LogP contribution is 2.39. The largest absolute Gasteiger partial charge is 0.411 e. The lowest BCUT2D eigenvalue weighted by molar-refractivity contribution is -0.150. The van der Waals surface area contributed by atoms with Gasteiger partial charge in [-0.15, -0.1) is 0 Å². The molecule has 20 heavy (non-hydrogen) atoms. The zero-order valence-electron chi connectivity index (χ0n) is 14.7. The van der Waals surface area contributed by atoms with Crippen LogP contribution in [0.15, 0.2) is 0 Å². The standard InChI is InChI=1S/C16H34O3Si/c1-9-10-11-13(14-12-17-16(5,6)18-14)19-20(7,8)15(2,3)4/h13-14H,9-12H2,1-8H3/t13?,14-/m1/s1. The summed E-state index contributed by atoms with van der Waals surface area (Å²) in [5, 5.41) is 0.229. The van der Waals surface area contributed by atoms with Crippen molar-refractivity contribution in [1.29, 1.82) is 0 Å². The van der Waals surface area contributed by atoms with E-state index >= 15 is 0 Å². The summed E-state index contributed by atoms with van der Waals surface area (Å²) in [5.41, 5.74) is 0. The minimum absolute atomic E-state index is 0.0747. The van der Waals surface area contributed by atoms with E-state index in [0.29, 0.717) is 6.61 Å². The maximum absolute atomic E-state index is 6.62. The molecule has 1 rings (SSSR count). The quantitative estimate of drug-likeness (QED) is 0.665. The molecule has 4 heteroatoms. The van der Waals surface area contributed by atoms with Crippen LogP contribution in [0.2, 0.25) is 18.1 Å². The highest BCUT2D eigenvalue weighted by Gasteiger charge is 2.44. The van der Waals surface area contributed by atoms with E-state index in [4.69, 9.17) is 13.9 Å². The van der Waals surface area contributed by atoms with Crippen LogP contribution in [0.4, 0.5) is 0 Å². The van der Waals surface area contributed by atoms with Crippen LogP contribution in [0.3, 0.4) is 0 Å². The molecule has 1 aliphatic rings. The SMILES string of the molecule is CCCCC(O[Si](C)(C)C(C)(C)C)[C@H]1COC(C)(C)O1. The van der Waals surface area contributed by atoms with Crippen LogP contribution in [0.25, 0.3) is 0 Å². The third kappa shape index (κ3) is 4.83. The predicted molar refractivity (Wildman–Crippen MR) is 86.5 cm³/mol. The van der Waals surface area contributed by atoms with Crippen molar-refractivity contribution in [3.05, 3.63) is 0 Å². The van der Waals surface area contributed by atoms with Crippen molar-refractivity contribution in [2.24, 2.45) is 0 Å². The van der Waals surface area contributed by atoms with Crippen molar-refractivity contribution < 1.29 is 13.9 Å². The van der Waals surface area contributed by atoms with Crippen molar-refractivity contribution >= 4 is 8.32 Å². The van der Waals surface area contributed by atoms with Crippen molar-refractivity contribution in [2.75, 3.05) is 6.61 Å². The lowest BCUT2D eigenvalue weighted by Crippen LogP contribution is -2.47. The Morgan fingerprint density at radius 3 is 2.30 bits per heavy atom. The van der Waals surface area contributed by atoms with Crippen molar-refractivity contribution in [3.63, 3.8) is 0 Å². The Kier molecular flexibility index (Phi) is 5.87. The van der Waals surface area contributed by atoms with Crippen molar-refractivity contribution in [3.8, 4) is 0 Å². The Labute approximate surface area is 126 Å². The zero-order valence-corrected chi connectivity index (χ0v) is 15.7. The normalized spacial score (nSPS) is 24.9. The Bertz CT molecular complexity index is 307. The molecule has 0 aromatic carbocycles. The second-order valence-electron chi connectivity index (χ2n) is 7.93. The Balaban J connectivity index is 2.75. The van der Waals surface area contributed by atoms with E-state index in [1.807, 2.05) is 13.8 Å². The first-order chi connectivity index (χ1) is 8.98. The molecule has 1 unspecified atom stereocenters. The average Bonchev–Trinajstić information content (AvgIpc) is 2.63. The first-order valence-corrected chi connectivity index (χ1v) is 10.9.